The molecule has 0 amide bonds. The summed E-state index contributed by atoms with van der Waals surface area (Å²) in [5.41, 5.74) is 4.28. The standard InChI is InChI=1S/C30H34N8O/c31-17-22-15-23(6-7-28(22)38-20-25-16-26(38)19-37(25)24-3-1-2-4-24)34-30-32-10-9-27(35-30)21-5-8-29(33-18-21)36-11-13-39-14-12-36/h5-10,15,18,24-26H,1-4,11-14,16,19-20H2,(H,32,34,35). The van der Waals surface area contributed by atoms with Crippen molar-refractivity contribution in [3.05, 3.63) is 54.4 Å². The minimum atomic E-state index is 0.494. The quantitative estimate of drug-likeness (QED) is 0.511. The number of nitrogens with zero attached hydrogens (tertiary/aromatic N) is 7. The molecule has 0 spiro atoms. The first-order valence-corrected chi connectivity index (χ1v) is 14.2. The number of ether oxygens (including phenoxy) is 1. The van der Waals surface area contributed by atoms with E-state index in [9.17, 15) is 5.26 Å². The third-order valence-electron chi connectivity index (χ3n) is 8.79. The highest BCUT2D eigenvalue weighted by molar-refractivity contribution is 5.69. The van der Waals surface area contributed by atoms with Crippen LogP contribution in [0.2, 0.25) is 0 Å². The molecule has 200 valence electrons. The average Bonchev–Trinajstić information content (AvgIpc) is 3.76. The van der Waals surface area contributed by atoms with Crippen molar-refractivity contribution in [3.8, 4) is 17.3 Å². The highest BCUT2D eigenvalue weighted by atomic mass is 16.5. The maximum Gasteiger partial charge on any atom is 0.227 e. The normalized spacial score (nSPS) is 23.4. The number of hydrogen-bond donors (Lipinski definition) is 1. The molecule has 3 aliphatic heterocycles. The summed E-state index contributed by atoms with van der Waals surface area (Å²) in [6.07, 6.45) is 10.3. The Balaban J connectivity index is 1.04. The summed E-state index contributed by atoms with van der Waals surface area (Å²) in [5.74, 6) is 1.45. The molecule has 0 radical (unpaired) electrons. The lowest BCUT2D eigenvalue weighted by Gasteiger charge is -2.39. The van der Waals surface area contributed by atoms with Gasteiger partial charge in [-0.2, -0.15) is 5.26 Å². The van der Waals surface area contributed by atoms with Crippen LogP contribution in [-0.2, 0) is 4.74 Å². The predicted molar refractivity (Wildman–Crippen MR) is 151 cm³/mol. The van der Waals surface area contributed by atoms with Crippen LogP contribution in [0, 0.1) is 11.3 Å². The van der Waals surface area contributed by atoms with Gasteiger partial charge >= 0.3 is 0 Å². The third kappa shape index (κ3) is 4.79. The first kappa shape index (κ1) is 24.3. The number of hydrogen-bond acceptors (Lipinski definition) is 9. The molecule has 9 nitrogen and oxygen atoms in total. The van der Waals surface area contributed by atoms with Crippen LogP contribution in [0.15, 0.2) is 48.8 Å². The Morgan fingerprint density at radius 1 is 0.949 bits per heavy atom. The van der Waals surface area contributed by atoms with E-state index < -0.39 is 0 Å². The number of pyridine rings is 1. The molecular weight excluding hydrogens is 488 g/mol. The number of morpholine rings is 1. The van der Waals surface area contributed by atoms with Gasteiger partial charge in [0.15, 0.2) is 0 Å². The Kier molecular flexibility index (Phi) is 6.51. The highest BCUT2D eigenvalue weighted by Crippen LogP contribution is 2.40. The predicted octanol–water partition coefficient (Wildman–Crippen LogP) is 4.20. The summed E-state index contributed by atoms with van der Waals surface area (Å²) in [6, 6.07) is 16.3. The van der Waals surface area contributed by atoms with E-state index in [0.717, 1.165) is 73.9 Å². The largest absolute Gasteiger partial charge is 0.378 e. The van der Waals surface area contributed by atoms with Crippen molar-refractivity contribution in [1.29, 1.82) is 5.26 Å². The number of rotatable bonds is 6. The number of nitrogens with one attached hydrogen (secondary N) is 1. The number of anilines is 4. The van der Waals surface area contributed by atoms with Crippen molar-refractivity contribution in [2.24, 2.45) is 0 Å². The van der Waals surface area contributed by atoms with Gasteiger partial charge in [0, 0.05) is 67.9 Å². The van der Waals surface area contributed by atoms with Gasteiger partial charge in [-0.15, -0.1) is 0 Å². The Bertz CT molecular complexity index is 1360. The molecule has 5 heterocycles. The van der Waals surface area contributed by atoms with Gasteiger partial charge in [-0.05, 0) is 55.7 Å². The van der Waals surface area contributed by atoms with Crippen molar-refractivity contribution < 1.29 is 4.74 Å². The van der Waals surface area contributed by atoms with Crippen LogP contribution in [0.4, 0.5) is 23.1 Å². The summed E-state index contributed by atoms with van der Waals surface area (Å²) < 4.78 is 5.44. The SMILES string of the molecule is N#Cc1cc(Nc2nccc(-c3ccc(N4CCOCC4)nc3)n2)ccc1N1CC2CC1CN2C1CCCC1. The van der Waals surface area contributed by atoms with Gasteiger partial charge in [-0.1, -0.05) is 12.8 Å². The number of benzene rings is 1. The van der Waals surface area contributed by atoms with Crippen molar-refractivity contribution >= 4 is 23.1 Å². The minimum absolute atomic E-state index is 0.494. The molecule has 3 saturated heterocycles. The second-order valence-corrected chi connectivity index (χ2v) is 11.1. The Hall–Kier alpha value is -3.74. The summed E-state index contributed by atoms with van der Waals surface area (Å²) in [4.78, 5) is 21.2. The van der Waals surface area contributed by atoms with Crippen LogP contribution in [-0.4, -0.2) is 77.4 Å². The van der Waals surface area contributed by atoms with E-state index >= 15 is 0 Å². The van der Waals surface area contributed by atoms with E-state index in [1.54, 1.807) is 6.20 Å². The Labute approximate surface area is 229 Å². The molecule has 9 heteroatoms. The topological polar surface area (TPSA) is 93.4 Å². The van der Waals surface area contributed by atoms with Crippen molar-refractivity contribution in [3.63, 3.8) is 0 Å². The van der Waals surface area contributed by atoms with Crippen LogP contribution < -0.4 is 15.1 Å². The maximum atomic E-state index is 10.0. The number of likely N-dealkylation sites (tertiary alicyclic amines) is 1. The smallest absolute Gasteiger partial charge is 0.227 e. The number of aromatic nitrogens is 3. The molecule has 7 rings (SSSR count). The van der Waals surface area contributed by atoms with E-state index in [1.807, 2.05) is 36.5 Å². The molecule has 2 bridgehead atoms. The van der Waals surface area contributed by atoms with Crippen LogP contribution in [0.5, 0.6) is 0 Å². The third-order valence-corrected chi connectivity index (χ3v) is 8.79. The van der Waals surface area contributed by atoms with E-state index in [0.29, 0.717) is 23.6 Å². The van der Waals surface area contributed by atoms with E-state index in [-0.39, 0.29) is 0 Å². The molecule has 4 aliphatic rings. The van der Waals surface area contributed by atoms with Crippen LogP contribution >= 0.6 is 0 Å². The summed E-state index contributed by atoms with van der Waals surface area (Å²) in [6.45, 7) is 5.33. The van der Waals surface area contributed by atoms with Crippen molar-refractivity contribution in [2.75, 3.05) is 54.5 Å². The van der Waals surface area contributed by atoms with E-state index in [2.05, 4.69) is 42.1 Å². The summed E-state index contributed by atoms with van der Waals surface area (Å²) in [7, 11) is 0. The molecule has 2 aromatic heterocycles. The molecule has 2 atom stereocenters. The van der Waals surface area contributed by atoms with E-state index in [4.69, 9.17) is 9.72 Å². The van der Waals surface area contributed by atoms with Crippen molar-refractivity contribution in [1.82, 2.24) is 19.9 Å². The maximum absolute atomic E-state index is 10.0. The van der Waals surface area contributed by atoms with Gasteiger partial charge in [0.2, 0.25) is 5.95 Å². The first-order valence-electron chi connectivity index (χ1n) is 14.2. The number of nitriles is 1. The van der Waals surface area contributed by atoms with Gasteiger partial charge < -0.3 is 19.9 Å². The lowest BCUT2D eigenvalue weighted by molar-refractivity contribution is 0.122. The first-order chi connectivity index (χ1) is 19.2. The van der Waals surface area contributed by atoms with Gasteiger partial charge in [-0.3, -0.25) is 4.90 Å². The van der Waals surface area contributed by atoms with Crippen molar-refractivity contribution in [2.45, 2.75) is 50.2 Å². The van der Waals surface area contributed by atoms with Crippen LogP contribution in [0.3, 0.4) is 0 Å². The molecule has 1 aromatic carbocycles. The number of piperazine rings is 1. The molecule has 2 unspecified atom stereocenters. The fourth-order valence-corrected chi connectivity index (χ4v) is 6.86. The van der Waals surface area contributed by atoms with E-state index in [1.165, 1.54) is 32.1 Å². The Morgan fingerprint density at radius 3 is 2.56 bits per heavy atom. The van der Waals surface area contributed by atoms with Crippen LogP contribution in [0.25, 0.3) is 11.3 Å². The fraction of sp³-hybridized carbons (Fsp3) is 0.467. The second-order valence-electron chi connectivity index (χ2n) is 11.1. The zero-order valence-corrected chi connectivity index (χ0v) is 22.2. The summed E-state index contributed by atoms with van der Waals surface area (Å²) >= 11 is 0. The highest BCUT2D eigenvalue weighted by Gasteiger charge is 2.46. The summed E-state index contributed by atoms with van der Waals surface area (Å²) in [5, 5.41) is 13.3. The second kappa shape index (κ2) is 10.4. The lowest BCUT2D eigenvalue weighted by atomic mass is 10.1. The molecule has 1 saturated carbocycles. The minimum Gasteiger partial charge on any atom is -0.378 e. The molecule has 4 fully saturated rings. The van der Waals surface area contributed by atoms with Gasteiger partial charge in [0.1, 0.15) is 11.9 Å². The van der Waals surface area contributed by atoms with Gasteiger partial charge in [0.25, 0.3) is 0 Å². The average molecular weight is 523 g/mol. The molecule has 3 aromatic rings. The zero-order chi connectivity index (χ0) is 26.2. The molecule has 1 aliphatic carbocycles. The van der Waals surface area contributed by atoms with Gasteiger partial charge in [0.05, 0.1) is 30.2 Å². The lowest BCUT2D eigenvalue weighted by Crippen LogP contribution is -2.50. The zero-order valence-electron chi connectivity index (χ0n) is 22.2. The molecule has 1 N–H and O–H groups in total. The molecular formula is C30H34N8O. The monoisotopic (exact) mass is 522 g/mol. The van der Waals surface area contributed by atoms with Gasteiger partial charge in [-0.25, -0.2) is 15.0 Å². The molecule has 39 heavy (non-hydrogen) atoms. The fourth-order valence-electron chi connectivity index (χ4n) is 6.86. The van der Waals surface area contributed by atoms with Crippen LogP contribution in [0.1, 0.15) is 37.7 Å². The number of fused-ring (bicyclic) bond motifs is 2. The Morgan fingerprint density at radius 2 is 1.82 bits per heavy atom.